The maximum atomic E-state index is 14.0. The summed E-state index contributed by atoms with van der Waals surface area (Å²) in [6, 6.07) is 4.41. The molecule has 0 bridgehead atoms. The number of imide groups is 1. The smallest absolute Gasteiger partial charge is 0.317 e. The zero-order valence-electron chi connectivity index (χ0n) is 38.8. The number of nitrogens with zero attached hydrogens (tertiary/aromatic N) is 6. The number of rotatable bonds is 20. The van der Waals surface area contributed by atoms with Crippen LogP contribution in [0.15, 0.2) is 18.2 Å². The Morgan fingerprint density at radius 3 is 2.18 bits per heavy atom. The molecule has 372 valence electrons. The fraction of sp³-hybridized carbons (Fsp3) is 0.644. The average molecular weight is 1100 g/mol. The molecule has 20 nitrogen and oxygen atoms in total. The molecule has 0 aromatic heterocycles. The van der Waals surface area contributed by atoms with E-state index in [0.29, 0.717) is 56.4 Å². The van der Waals surface area contributed by atoms with Gasteiger partial charge in [-0.05, 0) is 54.5 Å². The molecule has 1 unspecified atom stereocenters. The van der Waals surface area contributed by atoms with Crippen LogP contribution in [-0.2, 0) is 56.1 Å². The van der Waals surface area contributed by atoms with E-state index in [2.05, 4.69) is 10.6 Å². The number of esters is 1. The topological polar surface area (TPSA) is 247 Å². The Hall–Kier alpha value is -3.64. The molecule has 67 heavy (non-hydrogen) atoms. The van der Waals surface area contributed by atoms with Gasteiger partial charge < -0.3 is 40.3 Å². The Kier molecular flexibility index (Phi) is 22.5. The van der Waals surface area contributed by atoms with Gasteiger partial charge in [-0.2, -0.15) is 11.8 Å². The number of hydrogen-bond donors (Lipinski definition) is 4. The normalized spacial score (nSPS) is 20.6. The summed E-state index contributed by atoms with van der Waals surface area (Å²) in [4.78, 5) is 126. The number of likely N-dealkylation sites (tertiary alicyclic amines) is 1. The molecule has 5 amide bonds. The van der Waals surface area contributed by atoms with Crippen LogP contribution in [0.1, 0.15) is 67.9 Å². The van der Waals surface area contributed by atoms with Crippen molar-refractivity contribution in [3.63, 3.8) is 0 Å². The fourth-order valence-electron chi connectivity index (χ4n) is 8.78. The first-order valence-corrected chi connectivity index (χ1v) is 24.1. The van der Waals surface area contributed by atoms with Crippen LogP contribution in [0.2, 0.25) is 0 Å². The van der Waals surface area contributed by atoms with Crippen LogP contribution in [-0.4, -0.2) is 203 Å². The molecule has 4 atom stereocenters. The number of fused-ring (bicyclic) bond motifs is 2. The quantitative estimate of drug-likeness (QED) is 0.0762. The van der Waals surface area contributed by atoms with E-state index in [0.717, 1.165) is 16.0 Å². The van der Waals surface area contributed by atoms with Crippen molar-refractivity contribution >= 4 is 65.0 Å². The molecule has 5 rings (SSSR count). The van der Waals surface area contributed by atoms with Crippen LogP contribution in [0.3, 0.4) is 0 Å². The molecule has 4 heterocycles. The van der Waals surface area contributed by atoms with E-state index >= 15 is 0 Å². The number of aliphatic carboxylic acids is 2. The molecule has 0 saturated carbocycles. The zero-order chi connectivity index (χ0) is 48.1. The third-order valence-corrected chi connectivity index (χ3v) is 13.5. The predicted octanol–water partition coefficient (Wildman–Crippen LogP) is -0.00741. The second-order valence-electron chi connectivity index (χ2n) is 17.6. The van der Waals surface area contributed by atoms with Gasteiger partial charge in [-0.25, -0.2) is 0 Å². The van der Waals surface area contributed by atoms with E-state index < -0.39 is 35.8 Å². The van der Waals surface area contributed by atoms with Crippen LogP contribution in [0, 0.1) is 63.9 Å². The van der Waals surface area contributed by atoms with E-state index in [-0.39, 0.29) is 173 Å². The minimum Gasteiger partial charge on any atom is -0.617 e. The molecule has 1 aromatic carbocycles. The van der Waals surface area contributed by atoms with Crippen molar-refractivity contribution in [2.45, 2.75) is 65.5 Å². The van der Waals surface area contributed by atoms with E-state index in [9.17, 15) is 53.4 Å². The third kappa shape index (κ3) is 16.2. The zero-order valence-corrected chi connectivity index (χ0v) is 41.9. The van der Waals surface area contributed by atoms with Crippen molar-refractivity contribution in [1.29, 1.82) is 0 Å². The summed E-state index contributed by atoms with van der Waals surface area (Å²) in [6.45, 7) is 7.28. The third-order valence-electron chi connectivity index (χ3n) is 12.9. The average Bonchev–Trinajstić information content (AvgIpc) is 3.75. The van der Waals surface area contributed by atoms with Gasteiger partial charge in [0.1, 0.15) is 0 Å². The minimum absolute atomic E-state index is 0. The number of amides is 5. The van der Waals surface area contributed by atoms with Crippen molar-refractivity contribution in [2.24, 2.45) is 17.8 Å². The number of carbonyl (C=O) groups excluding carboxylic acids is 7. The Balaban J connectivity index is 0.00000980. The van der Waals surface area contributed by atoms with Gasteiger partial charge in [0.2, 0.25) is 23.6 Å². The van der Waals surface area contributed by atoms with E-state index in [4.69, 9.17) is 4.74 Å². The molecule has 4 N–H and O–H groups in total. The van der Waals surface area contributed by atoms with Crippen LogP contribution in [0.5, 0.6) is 0 Å². The van der Waals surface area contributed by atoms with Crippen molar-refractivity contribution in [1.82, 2.24) is 40.0 Å². The summed E-state index contributed by atoms with van der Waals surface area (Å²) in [7, 11) is 0. The van der Waals surface area contributed by atoms with E-state index in [1.165, 1.54) is 11.8 Å². The number of Topliss-reactive ketones (excluding diaryl/α,β-unsaturated/α-hetero) is 1. The molecule has 3 saturated heterocycles. The Morgan fingerprint density at radius 2 is 1.57 bits per heavy atom. The minimum atomic E-state index is -1.04. The van der Waals surface area contributed by atoms with E-state index in [1.807, 2.05) is 31.1 Å². The second kappa shape index (κ2) is 26.9. The molecule has 4 aliphatic heterocycles. The number of hydrogen-bond acceptors (Lipinski definition) is 15. The first kappa shape index (κ1) is 56.0. The van der Waals surface area contributed by atoms with Crippen molar-refractivity contribution < 1.29 is 98.0 Å². The summed E-state index contributed by atoms with van der Waals surface area (Å²) >= 11 is 1.53. The summed E-state index contributed by atoms with van der Waals surface area (Å²) in [6.07, 6.45) is 3.60. The first-order valence-electron chi connectivity index (χ1n) is 22.7. The Morgan fingerprint density at radius 1 is 0.910 bits per heavy atom. The van der Waals surface area contributed by atoms with Crippen LogP contribution >= 0.6 is 11.8 Å². The summed E-state index contributed by atoms with van der Waals surface area (Å²) in [5.41, 5.74) is 1.92. The molecule has 22 heteroatoms. The van der Waals surface area contributed by atoms with Crippen LogP contribution < -0.4 is 10.6 Å². The number of carboxylic acids is 2. The van der Waals surface area contributed by atoms with Crippen molar-refractivity contribution in [2.75, 3.05) is 104 Å². The van der Waals surface area contributed by atoms with Gasteiger partial charge in [0.25, 0.3) is 11.9 Å². The fourth-order valence-corrected chi connectivity index (χ4v) is 9.25. The van der Waals surface area contributed by atoms with Crippen molar-refractivity contribution in [3.05, 3.63) is 41.1 Å². The Bertz CT molecular complexity index is 1980. The molecule has 4 aliphatic rings. The standard InChI is InChI=1S/C45H65N8O12S.Gd/c1-5-29(2)34(43(62)46-11-13-53-37(55)21-30(3)45(53)64)22-36(54)35(10-20-66-4)47-44(63)33-8-6-7-31-23-51(12-9-32(31)33)38(56)24-50-17-16-48(26-40(57)58)14-15-49(27-41(59)60)18-19-52-28-42(61)65-39(52)25-50;/h6-8,29-30,34-35H,5,9-28H2,1-4H3,(H,46,62)(H,47,63)(H,57,58)(H,59,60);/q-1;/t29-,30?,34-,35-;/m0./s1. The number of ether oxygens (including phenoxy) is 1. The number of thioether (sulfide) groups is 1. The van der Waals surface area contributed by atoms with Gasteiger partial charge in [-0.1, -0.05) is 52.1 Å². The van der Waals surface area contributed by atoms with Gasteiger partial charge in [0.05, 0.1) is 32.2 Å². The molecule has 0 radical (unpaired) electrons. The molecule has 3 fully saturated rings. The summed E-state index contributed by atoms with van der Waals surface area (Å²) in [5, 5.41) is 24.9. The number of ketones is 1. The number of carboxylic acid groups (broad SMARTS) is 2. The molecule has 0 aliphatic carbocycles. The van der Waals surface area contributed by atoms with Gasteiger partial charge >= 0.3 is 11.9 Å². The molecule has 1 aromatic rings. The monoisotopic (exact) mass is 1100 g/mol. The number of carbonyl (C=O) groups is 9. The Labute approximate surface area is 428 Å². The van der Waals surface area contributed by atoms with Crippen LogP contribution in [0.25, 0.3) is 0 Å². The van der Waals surface area contributed by atoms with E-state index in [1.54, 1.807) is 38.7 Å². The summed E-state index contributed by atoms with van der Waals surface area (Å²) in [5.74, 6) is -5.03. The maximum Gasteiger partial charge on any atom is 0.317 e. The van der Waals surface area contributed by atoms with Gasteiger partial charge in [0, 0.05) is 129 Å². The van der Waals surface area contributed by atoms with Gasteiger partial charge in [-0.3, -0.25) is 57.9 Å². The first-order chi connectivity index (χ1) is 31.5. The number of nitrogens with one attached hydrogen (secondary N) is 2. The number of benzene rings is 1. The molecular formula is C45H65GdN8O12S-. The largest absolute Gasteiger partial charge is 0.617 e. The SMILES string of the molecule is CC[C@H](C)[C@H](CC(=O)[C@H](CCSC)NC(=O)c1cccc2c1CCN(C(=O)CN1CCN(CC(=O)O)CCN(CC(=O)O)CCN3CC(=O)O[C-]3C1)C2)C(=O)NCCN1C(=O)CC(C)C1=O.[Gd]. The second-order valence-corrected chi connectivity index (χ2v) is 18.6. The summed E-state index contributed by atoms with van der Waals surface area (Å²) < 4.78 is 5.56. The molecular weight excluding hydrogens is 1030 g/mol. The van der Waals surface area contributed by atoms with Crippen LogP contribution in [0.4, 0.5) is 0 Å². The van der Waals surface area contributed by atoms with Gasteiger partial charge in [-0.15, -0.1) is 0 Å². The van der Waals surface area contributed by atoms with Gasteiger partial charge in [0.15, 0.2) is 5.78 Å². The predicted molar refractivity (Wildman–Crippen MR) is 241 cm³/mol. The maximum absolute atomic E-state index is 14.0. The van der Waals surface area contributed by atoms with Crippen molar-refractivity contribution in [3.8, 4) is 0 Å². The molecule has 0 spiro atoms.